The topological polar surface area (TPSA) is 75.6 Å². The molecule has 8 heteroatoms. The van der Waals surface area contributed by atoms with E-state index in [4.69, 9.17) is 5.11 Å². The summed E-state index contributed by atoms with van der Waals surface area (Å²) >= 11 is 0. The molecule has 0 aliphatic heterocycles. The Morgan fingerprint density at radius 1 is 1.47 bits per heavy atom. The molecule has 1 aromatic rings. The number of hydrogen-bond acceptors (Lipinski definition) is 3. The second-order valence-corrected chi connectivity index (χ2v) is 3.57. The first-order chi connectivity index (χ1) is 8.81. The van der Waals surface area contributed by atoms with E-state index in [1.54, 1.807) is 0 Å². The van der Waals surface area contributed by atoms with Crippen LogP contribution in [0.1, 0.15) is 5.56 Å². The van der Waals surface area contributed by atoms with Crippen LogP contribution < -0.4 is 10.1 Å². The predicted octanol–water partition coefficient (Wildman–Crippen LogP) is 1.33. The van der Waals surface area contributed by atoms with Crippen molar-refractivity contribution in [3.63, 3.8) is 0 Å². The highest BCUT2D eigenvalue weighted by Gasteiger charge is 2.31. The van der Waals surface area contributed by atoms with E-state index >= 15 is 0 Å². The smallest absolute Gasteiger partial charge is 0.480 e. The Bertz CT molecular complexity index is 461. The van der Waals surface area contributed by atoms with E-state index in [0.29, 0.717) is 5.56 Å². The van der Waals surface area contributed by atoms with E-state index < -0.39 is 24.1 Å². The fourth-order valence-corrected chi connectivity index (χ4v) is 1.40. The van der Waals surface area contributed by atoms with Gasteiger partial charge in [0.1, 0.15) is 11.8 Å². The molecule has 0 aliphatic rings. The number of alkyl halides is 3. The fourth-order valence-electron chi connectivity index (χ4n) is 1.40. The third kappa shape index (κ3) is 5.28. The lowest BCUT2D eigenvalue weighted by Gasteiger charge is -2.13. The van der Waals surface area contributed by atoms with Crippen molar-refractivity contribution in [2.24, 2.45) is 0 Å². The van der Waals surface area contributed by atoms with E-state index in [0.717, 1.165) is 12.1 Å². The molecule has 104 valence electrons. The molecule has 1 amide bonds. The van der Waals surface area contributed by atoms with Gasteiger partial charge in [0, 0.05) is 6.42 Å². The summed E-state index contributed by atoms with van der Waals surface area (Å²) in [4.78, 5) is 21.0. The average Bonchev–Trinajstić information content (AvgIpc) is 2.26. The van der Waals surface area contributed by atoms with E-state index in [2.05, 4.69) is 10.1 Å². The van der Waals surface area contributed by atoms with Crippen LogP contribution in [-0.2, 0) is 16.0 Å². The highest BCUT2D eigenvalue weighted by Crippen LogP contribution is 2.23. The Morgan fingerprint density at radius 2 is 2.16 bits per heavy atom. The van der Waals surface area contributed by atoms with Crippen LogP contribution in [0, 0.1) is 0 Å². The second-order valence-electron chi connectivity index (χ2n) is 3.57. The maximum atomic E-state index is 12.0. The van der Waals surface area contributed by atoms with Gasteiger partial charge in [-0.1, -0.05) is 12.1 Å². The Balaban J connectivity index is 2.81. The normalized spacial score (nSPS) is 12.6. The summed E-state index contributed by atoms with van der Waals surface area (Å²) in [6, 6.07) is 3.69. The molecule has 0 spiro atoms. The molecule has 1 rings (SSSR count). The molecule has 0 radical (unpaired) electrons. The van der Waals surface area contributed by atoms with Crippen LogP contribution in [-0.4, -0.2) is 29.9 Å². The average molecular weight is 277 g/mol. The van der Waals surface area contributed by atoms with E-state index in [-0.39, 0.29) is 12.8 Å². The number of carbonyl (C=O) groups excluding carboxylic acids is 1. The Morgan fingerprint density at radius 3 is 2.68 bits per heavy atom. The van der Waals surface area contributed by atoms with Gasteiger partial charge in [0.25, 0.3) is 0 Å². The molecular formula is C11H10F3NO4. The molecule has 1 atom stereocenters. The summed E-state index contributed by atoms with van der Waals surface area (Å²) in [6.45, 7) is 0. The number of hydrogen-bond donors (Lipinski definition) is 2. The molecule has 19 heavy (non-hydrogen) atoms. The van der Waals surface area contributed by atoms with Gasteiger partial charge in [-0.05, 0) is 17.7 Å². The minimum atomic E-state index is -4.81. The van der Waals surface area contributed by atoms with Gasteiger partial charge >= 0.3 is 12.3 Å². The van der Waals surface area contributed by atoms with Crippen LogP contribution in [0.4, 0.5) is 13.2 Å². The second kappa shape index (κ2) is 6.07. The Labute approximate surface area is 106 Å². The minimum absolute atomic E-state index is 0.150. The highest BCUT2D eigenvalue weighted by atomic mass is 19.4. The summed E-state index contributed by atoms with van der Waals surface area (Å²) in [7, 11) is 0. The first-order valence-electron chi connectivity index (χ1n) is 5.09. The number of ether oxygens (including phenoxy) is 1. The molecule has 0 saturated heterocycles. The van der Waals surface area contributed by atoms with Crippen molar-refractivity contribution in [2.45, 2.75) is 18.8 Å². The zero-order valence-electron chi connectivity index (χ0n) is 9.48. The summed E-state index contributed by atoms with van der Waals surface area (Å²) in [5, 5.41) is 10.8. The van der Waals surface area contributed by atoms with Gasteiger partial charge in [-0.25, -0.2) is 4.79 Å². The number of aliphatic carboxylic acids is 1. The summed E-state index contributed by atoms with van der Waals surface area (Å²) < 4.78 is 39.7. The van der Waals surface area contributed by atoms with E-state index in [9.17, 15) is 22.8 Å². The molecule has 0 aromatic heterocycles. The number of rotatable bonds is 6. The summed E-state index contributed by atoms with van der Waals surface area (Å²) in [5.74, 6) is -1.73. The van der Waals surface area contributed by atoms with Gasteiger partial charge in [-0.3, -0.25) is 4.79 Å². The van der Waals surface area contributed by atoms with Gasteiger partial charge in [0.15, 0.2) is 0 Å². The Hall–Kier alpha value is -2.25. The van der Waals surface area contributed by atoms with Crippen molar-refractivity contribution in [3.05, 3.63) is 29.8 Å². The molecule has 1 aromatic carbocycles. The molecule has 0 fully saturated rings. The quantitative estimate of drug-likeness (QED) is 0.769. The highest BCUT2D eigenvalue weighted by molar-refractivity contribution is 5.76. The molecular weight excluding hydrogens is 267 g/mol. The summed E-state index contributed by atoms with van der Waals surface area (Å²) in [6.07, 6.45) is -4.75. The maximum Gasteiger partial charge on any atom is 0.573 e. The van der Waals surface area contributed by atoms with E-state index in [1.807, 2.05) is 0 Å². The lowest BCUT2D eigenvalue weighted by atomic mass is 10.1. The van der Waals surface area contributed by atoms with E-state index in [1.165, 1.54) is 12.1 Å². The molecule has 0 saturated carbocycles. The van der Waals surface area contributed by atoms with Gasteiger partial charge in [-0.15, -0.1) is 13.2 Å². The molecule has 0 aliphatic carbocycles. The van der Waals surface area contributed by atoms with Crippen LogP contribution in [0.15, 0.2) is 24.3 Å². The van der Waals surface area contributed by atoms with Gasteiger partial charge in [0.05, 0.1) is 0 Å². The van der Waals surface area contributed by atoms with Crippen LogP contribution in [0.25, 0.3) is 0 Å². The minimum Gasteiger partial charge on any atom is -0.480 e. The number of nitrogens with one attached hydrogen (secondary N) is 1. The largest absolute Gasteiger partial charge is 0.573 e. The molecule has 2 N–H and O–H groups in total. The first-order valence-corrected chi connectivity index (χ1v) is 5.09. The number of halogens is 3. The van der Waals surface area contributed by atoms with Crippen molar-refractivity contribution in [1.29, 1.82) is 0 Å². The lowest BCUT2D eigenvalue weighted by Crippen LogP contribution is -2.37. The Kier molecular flexibility index (Phi) is 4.74. The van der Waals surface area contributed by atoms with Crippen LogP contribution >= 0.6 is 0 Å². The molecule has 0 bridgehead atoms. The molecule has 0 heterocycles. The SMILES string of the molecule is O=CNC(Cc1cccc(OC(F)(F)F)c1)C(=O)O. The number of carboxylic acids is 1. The van der Waals surface area contributed by atoms with Crippen molar-refractivity contribution in [2.75, 3.05) is 0 Å². The predicted molar refractivity (Wildman–Crippen MR) is 57.5 cm³/mol. The molecule has 5 nitrogen and oxygen atoms in total. The van der Waals surface area contributed by atoms with Crippen LogP contribution in [0.3, 0.4) is 0 Å². The zero-order valence-corrected chi connectivity index (χ0v) is 9.48. The van der Waals surface area contributed by atoms with Gasteiger partial charge in [0.2, 0.25) is 6.41 Å². The van der Waals surface area contributed by atoms with Crippen LogP contribution in [0.5, 0.6) is 5.75 Å². The first kappa shape index (κ1) is 14.8. The zero-order chi connectivity index (χ0) is 14.5. The third-order valence-electron chi connectivity index (χ3n) is 2.14. The van der Waals surface area contributed by atoms with Gasteiger partial charge in [-0.2, -0.15) is 0 Å². The number of carboxylic acid groups (broad SMARTS) is 1. The number of carbonyl (C=O) groups is 2. The lowest BCUT2D eigenvalue weighted by molar-refractivity contribution is -0.274. The number of amides is 1. The van der Waals surface area contributed by atoms with Crippen LogP contribution in [0.2, 0.25) is 0 Å². The van der Waals surface area contributed by atoms with Gasteiger partial charge < -0.3 is 15.2 Å². The van der Waals surface area contributed by atoms with Crippen molar-refractivity contribution >= 4 is 12.4 Å². The van der Waals surface area contributed by atoms with Crippen molar-refractivity contribution in [3.8, 4) is 5.75 Å². The standard InChI is InChI=1S/C11H10F3NO4/c12-11(13,14)19-8-3-1-2-7(4-8)5-9(10(17)18)15-6-16/h1-4,6,9H,5H2,(H,15,16)(H,17,18). The van der Waals surface area contributed by atoms with Crippen molar-refractivity contribution in [1.82, 2.24) is 5.32 Å². The summed E-state index contributed by atoms with van der Waals surface area (Å²) in [5.41, 5.74) is 0.295. The third-order valence-corrected chi connectivity index (χ3v) is 2.14. The maximum absolute atomic E-state index is 12.0. The monoisotopic (exact) mass is 277 g/mol. The fraction of sp³-hybridized carbons (Fsp3) is 0.273. The molecule has 1 unspecified atom stereocenters. The number of benzene rings is 1. The van der Waals surface area contributed by atoms with Crippen molar-refractivity contribution < 1.29 is 32.6 Å².